The number of anilines is 2. The molecule has 7 heteroatoms. The highest BCUT2D eigenvalue weighted by Gasteiger charge is 2.17. The van der Waals surface area contributed by atoms with Crippen LogP contribution >= 0.6 is 0 Å². The van der Waals surface area contributed by atoms with Crippen molar-refractivity contribution in [3.05, 3.63) is 54.0 Å². The molecule has 1 saturated heterocycles. The van der Waals surface area contributed by atoms with Gasteiger partial charge in [0.15, 0.2) is 0 Å². The lowest BCUT2D eigenvalue weighted by Gasteiger charge is -2.36. The zero-order chi connectivity index (χ0) is 19.9. The minimum Gasteiger partial charge on any atom is -0.369 e. The summed E-state index contributed by atoms with van der Waals surface area (Å²) in [7, 11) is 3.48. The van der Waals surface area contributed by atoms with Gasteiger partial charge in [0.25, 0.3) is 5.91 Å². The molecular weight excluding hydrogens is 357 g/mol. The molecule has 1 aromatic heterocycles. The van der Waals surface area contributed by atoms with Crippen molar-refractivity contribution in [3.8, 4) is 0 Å². The van der Waals surface area contributed by atoms with Crippen LogP contribution in [0.4, 0.5) is 15.9 Å². The summed E-state index contributed by atoms with van der Waals surface area (Å²) >= 11 is 0. The van der Waals surface area contributed by atoms with Gasteiger partial charge < -0.3 is 15.1 Å². The molecule has 1 N–H and O–H groups in total. The molecule has 3 rings (SSSR count). The standard InChI is InChI=1S/C21H28FN5O/c1-25(2)21(28)19-5-3-10-23-20(19)24-11-4-12-26-13-15-27(16-14-26)18-8-6-17(22)7-9-18/h3,5-10H,4,11-16H2,1-2H3,(H,23,24). The lowest BCUT2D eigenvalue weighted by atomic mass is 10.2. The predicted molar refractivity (Wildman–Crippen MR) is 110 cm³/mol. The molecule has 2 aromatic rings. The van der Waals surface area contributed by atoms with Gasteiger partial charge in [-0.2, -0.15) is 0 Å². The molecule has 0 unspecified atom stereocenters. The Morgan fingerprint density at radius 2 is 1.86 bits per heavy atom. The number of rotatable bonds is 7. The van der Waals surface area contributed by atoms with E-state index in [0.29, 0.717) is 11.4 Å². The average molecular weight is 385 g/mol. The maximum Gasteiger partial charge on any atom is 0.257 e. The van der Waals surface area contributed by atoms with Crippen molar-refractivity contribution < 1.29 is 9.18 Å². The molecule has 0 aliphatic carbocycles. The third-order valence-electron chi connectivity index (χ3n) is 4.95. The van der Waals surface area contributed by atoms with E-state index in [1.165, 1.54) is 12.1 Å². The fourth-order valence-electron chi connectivity index (χ4n) is 3.35. The van der Waals surface area contributed by atoms with Crippen molar-refractivity contribution in [2.75, 3.05) is 63.6 Å². The highest BCUT2D eigenvalue weighted by molar-refractivity contribution is 5.98. The molecule has 0 radical (unpaired) electrons. The first-order valence-electron chi connectivity index (χ1n) is 9.68. The number of carbonyl (C=O) groups is 1. The van der Waals surface area contributed by atoms with Gasteiger partial charge in [0.05, 0.1) is 5.56 Å². The lowest BCUT2D eigenvalue weighted by molar-refractivity contribution is 0.0828. The van der Waals surface area contributed by atoms with Crippen LogP contribution in [-0.4, -0.2) is 74.1 Å². The summed E-state index contributed by atoms with van der Waals surface area (Å²) in [5, 5.41) is 3.30. The van der Waals surface area contributed by atoms with Crippen LogP contribution in [0.3, 0.4) is 0 Å². The summed E-state index contributed by atoms with van der Waals surface area (Å²) in [5.74, 6) is 0.396. The van der Waals surface area contributed by atoms with Gasteiger partial charge >= 0.3 is 0 Å². The van der Waals surface area contributed by atoms with Crippen LogP contribution in [-0.2, 0) is 0 Å². The highest BCUT2D eigenvalue weighted by atomic mass is 19.1. The first kappa shape index (κ1) is 20.1. The largest absolute Gasteiger partial charge is 0.369 e. The fourth-order valence-corrected chi connectivity index (χ4v) is 3.35. The molecule has 6 nitrogen and oxygen atoms in total. The third kappa shape index (κ3) is 5.19. The second-order valence-electron chi connectivity index (χ2n) is 7.18. The molecule has 28 heavy (non-hydrogen) atoms. The normalized spacial score (nSPS) is 14.8. The predicted octanol–water partition coefficient (Wildman–Crippen LogP) is 2.55. The maximum absolute atomic E-state index is 13.1. The van der Waals surface area contributed by atoms with Gasteiger partial charge in [-0.3, -0.25) is 9.69 Å². The molecule has 1 amide bonds. The second-order valence-corrected chi connectivity index (χ2v) is 7.18. The van der Waals surface area contributed by atoms with Crippen molar-refractivity contribution >= 4 is 17.4 Å². The van der Waals surface area contributed by atoms with E-state index in [1.807, 2.05) is 12.1 Å². The number of carbonyl (C=O) groups excluding carboxylic acids is 1. The van der Waals surface area contributed by atoms with Crippen molar-refractivity contribution in [3.63, 3.8) is 0 Å². The van der Waals surface area contributed by atoms with Crippen LogP contribution in [0.5, 0.6) is 0 Å². The van der Waals surface area contributed by atoms with Crippen LogP contribution in [0.25, 0.3) is 0 Å². The van der Waals surface area contributed by atoms with Crippen molar-refractivity contribution in [2.24, 2.45) is 0 Å². The fraction of sp³-hybridized carbons (Fsp3) is 0.429. The van der Waals surface area contributed by atoms with Gasteiger partial charge in [0, 0.05) is 58.7 Å². The average Bonchev–Trinajstić information content (AvgIpc) is 2.72. The van der Waals surface area contributed by atoms with Gasteiger partial charge in [-0.15, -0.1) is 0 Å². The zero-order valence-corrected chi connectivity index (χ0v) is 16.6. The topological polar surface area (TPSA) is 51.7 Å². The van der Waals surface area contributed by atoms with Crippen LogP contribution in [0, 0.1) is 5.82 Å². The first-order chi connectivity index (χ1) is 13.5. The molecule has 2 heterocycles. The number of hydrogen-bond donors (Lipinski definition) is 1. The van der Waals surface area contributed by atoms with E-state index >= 15 is 0 Å². The number of pyridine rings is 1. The summed E-state index contributed by atoms with van der Waals surface area (Å²) in [6.45, 7) is 5.63. The van der Waals surface area contributed by atoms with Gasteiger partial charge in [-0.05, 0) is 49.4 Å². The minimum atomic E-state index is -0.196. The summed E-state index contributed by atoms with van der Waals surface area (Å²) in [6.07, 6.45) is 2.67. The summed E-state index contributed by atoms with van der Waals surface area (Å²) in [6, 6.07) is 10.3. The van der Waals surface area contributed by atoms with Gasteiger partial charge in [-0.25, -0.2) is 9.37 Å². The number of halogens is 1. The molecule has 1 aliphatic heterocycles. The number of nitrogens with zero attached hydrogens (tertiary/aromatic N) is 4. The Labute approximate surface area is 166 Å². The molecule has 1 aliphatic rings. The number of piperazine rings is 1. The summed E-state index contributed by atoms with van der Waals surface area (Å²) in [4.78, 5) is 22.8. The Bertz CT molecular complexity index is 773. The molecule has 0 bridgehead atoms. The van der Waals surface area contributed by atoms with E-state index in [0.717, 1.165) is 51.4 Å². The first-order valence-corrected chi connectivity index (χ1v) is 9.68. The number of nitrogens with one attached hydrogen (secondary N) is 1. The van der Waals surface area contributed by atoms with E-state index in [9.17, 15) is 9.18 Å². The summed E-state index contributed by atoms with van der Waals surface area (Å²) < 4.78 is 13.1. The number of aromatic nitrogens is 1. The Kier molecular flexibility index (Phi) is 6.81. The minimum absolute atomic E-state index is 0.0486. The van der Waals surface area contributed by atoms with Crippen molar-refractivity contribution in [1.29, 1.82) is 0 Å². The second kappa shape index (κ2) is 9.50. The quantitative estimate of drug-likeness (QED) is 0.743. The van der Waals surface area contributed by atoms with Crippen LogP contribution in [0.2, 0.25) is 0 Å². The Morgan fingerprint density at radius 1 is 1.14 bits per heavy atom. The van der Waals surface area contributed by atoms with Crippen molar-refractivity contribution in [1.82, 2.24) is 14.8 Å². The number of amides is 1. The monoisotopic (exact) mass is 385 g/mol. The van der Waals surface area contributed by atoms with E-state index in [1.54, 1.807) is 37.3 Å². The van der Waals surface area contributed by atoms with E-state index < -0.39 is 0 Å². The Hall–Kier alpha value is -2.67. The highest BCUT2D eigenvalue weighted by Crippen LogP contribution is 2.17. The van der Waals surface area contributed by atoms with Gasteiger partial charge in [-0.1, -0.05) is 0 Å². The van der Waals surface area contributed by atoms with Gasteiger partial charge in [0.2, 0.25) is 0 Å². The molecule has 0 spiro atoms. The molecule has 1 aromatic carbocycles. The van der Waals surface area contributed by atoms with Crippen LogP contribution in [0.15, 0.2) is 42.6 Å². The van der Waals surface area contributed by atoms with Crippen LogP contribution < -0.4 is 10.2 Å². The summed E-state index contributed by atoms with van der Waals surface area (Å²) in [5.41, 5.74) is 1.68. The molecular formula is C21H28FN5O. The molecule has 0 atom stereocenters. The molecule has 0 saturated carbocycles. The number of benzene rings is 1. The molecule has 1 fully saturated rings. The smallest absolute Gasteiger partial charge is 0.257 e. The van der Waals surface area contributed by atoms with Crippen molar-refractivity contribution in [2.45, 2.75) is 6.42 Å². The Balaban J connectivity index is 1.41. The lowest BCUT2D eigenvalue weighted by Crippen LogP contribution is -2.46. The maximum atomic E-state index is 13.1. The van der Waals surface area contributed by atoms with Gasteiger partial charge in [0.1, 0.15) is 11.6 Å². The Morgan fingerprint density at radius 3 is 2.54 bits per heavy atom. The van der Waals surface area contributed by atoms with Crippen LogP contribution in [0.1, 0.15) is 16.8 Å². The van der Waals surface area contributed by atoms with E-state index in [4.69, 9.17) is 0 Å². The SMILES string of the molecule is CN(C)C(=O)c1cccnc1NCCCN1CCN(c2ccc(F)cc2)CC1. The number of hydrogen-bond acceptors (Lipinski definition) is 5. The van der Waals surface area contributed by atoms with E-state index in [2.05, 4.69) is 20.1 Å². The molecule has 150 valence electrons. The third-order valence-corrected chi connectivity index (χ3v) is 4.95. The zero-order valence-electron chi connectivity index (χ0n) is 16.6. The van der Waals surface area contributed by atoms with E-state index in [-0.39, 0.29) is 11.7 Å².